The monoisotopic (exact) mass is 442 g/mol. The lowest BCUT2D eigenvalue weighted by molar-refractivity contribution is -0.137. The average molecular weight is 442 g/mol. The first kappa shape index (κ1) is 22.1. The van der Waals surface area contributed by atoms with Crippen molar-refractivity contribution in [1.82, 2.24) is 9.21 Å². The van der Waals surface area contributed by atoms with Crippen molar-refractivity contribution < 1.29 is 31.1 Å². The molecule has 1 aliphatic rings. The van der Waals surface area contributed by atoms with Gasteiger partial charge in [-0.15, -0.1) is 0 Å². The topological polar surface area (TPSA) is 66.9 Å². The van der Waals surface area contributed by atoms with E-state index in [1.54, 1.807) is 12.1 Å². The van der Waals surface area contributed by atoms with Crippen molar-refractivity contribution in [2.75, 3.05) is 32.8 Å². The fourth-order valence-corrected chi connectivity index (χ4v) is 4.44. The summed E-state index contributed by atoms with van der Waals surface area (Å²) in [6.07, 6.45) is -4.53. The second kappa shape index (κ2) is 8.65. The van der Waals surface area contributed by atoms with Gasteiger partial charge in [0.1, 0.15) is 5.75 Å². The summed E-state index contributed by atoms with van der Waals surface area (Å²) in [5.74, 6) is 0.305. The Kier molecular flexibility index (Phi) is 6.37. The second-order valence-electron chi connectivity index (χ2n) is 6.91. The number of halogens is 3. The van der Waals surface area contributed by atoms with Gasteiger partial charge in [0.25, 0.3) is 5.91 Å². The molecule has 0 radical (unpaired) electrons. The molecule has 162 valence electrons. The first-order valence-electron chi connectivity index (χ1n) is 9.22. The lowest BCUT2D eigenvalue weighted by atomic mass is 10.2. The molecular weight excluding hydrogens is 421 g/mol. The summed E-state index contributed by atoms with van der Waals surface area (Å²) in [5, 5.41) is 0. The first-order chi connectivity index (χ1) is 14.1. The maximum atomic E-state index is 12.7. The third-order valence-corrected chi connectivity index (χ3v) is 6.71. The first-order valence-corrected chi connectivity index (χ1v) is 10.7. The Balaban J connectivity index is 1.56. The van der Waals surface area contributed by atoms with Gasteiger partial charge < -0.3 is 9.64 Å². The summed E-state index contributed by atoms with van der Waals surface area (Å²) < 4.78 is 70.0. The predicted molar refractivity (Wildman–Crippen MR) is 103 cm³/mol. The van der Waals surface area contributed by atoms with Gasteiger partial charge in [-0.1, -0.05) is 17.7 Å². The van der Waals surface area contributed by atoms with E-state index in [1.807, 2.05) is 19.1 Å². The van der Waals surface area contributed by atoms with Gasteiger partial charge in [-0.2, -0.15) is 17.5 Å². The molecular formula is C20H21F3N2O4S. The van der Waals surface area contributed by atoms with Crippen LogP contribution in [0.3, 0.4) is 0 Å². The summed E-state index contributed by atoms with van der Waals surface area (Å²) in [6, 6.07) is 10.6. The van der Waals surface area contributed by atoms with E-state index < -0.39 is 21.8 Å². The number of aryl methyl sites for hydroxylation is 1. The van der Waals surface area contributed by atoms with Crippen LogP contribution in [0, 0.1) is 6.92 Å². The van der Waals surface area contributed by atoms with Crippen LogP contribution < -0.4 is 4.74 Å². The van der Waals surface area contributed by atoms with Crippen LogP contribution in [0.1, 0.15) is 11.1 Å². The molecule has 1 saturated heterocycles. The van der Waals surface area contributed by atoms with Gasteiger partial charge >= 0.3 is 6.18 Å². The average Bonchev–Trinajstić information content (AvgIpc) is 2.72. The molecule has 0 N–H and O–H groups in total. The number of alkyl halides is 3. The van der Waals surface area contributed by atoms with Crippen molar-refractivity contribution in [3.8, 4) is 5.75 Å². The molecule has 2 aromatic carbocycles. The second-order valence-corrected chi connectivity index (χ2v) is 8.85. The van der Waals surface area contributed by atoms with Crippen molar-refractivity contribution in [2.45, 2.75) is 18.0 Å². The van der Waals surface area contributed by atoms with Crippen molar-refractivity contribution >= 4 is 15.9 Å². The SMILES string of the molecule is Cc1ccc(OCC(=O)N2CCN(S(=O)(=O)c3ccc(C(F)(F)F)cc3)CC2)cc1. The molecule has 0 spiro atoms. The number of hydrogen-bond donors (Lipinski definition) is 0. The molecule has 10 heteroatoms. The Labute approximate surface area is 172 Å². The van der Waals surface area contributed by atoms with E-state index in [0.29, 0.717) is 5.75 Å². The van der Waals surface area contributed by atoms with Gasteiger partial charge in [-0.05, 0) is 43.3 Å². The molecule has 30 heavy (non-hydrogen) atoms. The fourth-order valence-electron chi connectivity index (χ4n) is 3.01. The lowest BCUT2D eigenvalue weighted by Crippen LogP contribution is -2.51. The van der Waals surface area contributed by atoms with E-state index in [-0.39, 0.29) is 43.6 Å². The van der Waals surface area contributed by atoms with Crippen LogP contribution in [0.25, 0.3) is 0 Å². The van der Waals surface area contributed by atoms with Gasteiger partial charge in [0, 0.05) is 26.2 Å². The number of rotatable bonds is 5. The third kappa shape index (κ3) is 5.11. The number of amides is 1. The van der Waals surface area contributed by atoms with Crippen LogP contribution in [0.4, 0.5) is 13.2 Å². The zero-order valence-corrected chi connectivity index (χ0v) is 17.0. The van der Waals surface area contributed by atoms with Gasteiger partial charge in [-0.3, -0.25) is 4.79 Å². The van der Waals surface area contributed by atoms with Crippen LogP contribution in [0.15, 0.2) is 53.4 Å². The number of carbonyl (C=O) groups is 1. The number of benzene rings is 2. The summed E-state index contributed by atoms with van der Waals surface area (Å²) in [4.78, 5) is 13.6. The molecule has 1 heterocycles. The Morgan fingerprint density at radius 3 is 2.07 bits per heavy atom. The quantitative estimate of drug-likeness (QED) is 0.714. The molecule has 2 aromatic rings. The maximum Gasteiger partial charge on any atom is 0.416 e. The van der Waals surface area contributed by atoms with Crippen molar-refractivity contribution in [3.63, 3.8) is 0 Å². The minimum atomic E-state index is -4.53. The van der Waals surface area contributed by atoms with Gasteiger partial charge in [0.15, 0.2) is 6.61 Å². The highest BCUT2D eigenvalue weighted by molar-refractivity contribution is 7.89. The van der Waals surface area contributed by atoms with E-state index in [0.717, 1.165) is 29.8 Å². The number of carbonyl (C=O) groups excluding carboxylic acids is 1. The van der Waals surface area contributed by atoms with E-state index in [9.17, 15) is 26.4 Å². The zero-order valence-electron chi connectivity index (χ0n) is 16.2. The van der Waals surface area contributed by atoms with Crippen LogP contribution in [0.5, 0.6) is 5.75 Å². The minimum absolute atomic E-state index is 0.0552. The normalized spacial score (nSPS) is 15.8. The van der Waals surface area contributed by atoms with Crippen LogP contribution in [0.2, 0.25) is 0 Å². The predicted octanol–water partition coefficient (Wildman–Crippen LogP) is 2.93. The molecule has 0 atom stereocenters. The minimum Gasteiger partial charge on any atom is -0.484 e. The summed E-state index contributed by atoms with van der Waals surface area (Å²) in [5.41, 5.74) is 0.157. The largest absolute Gasteiger partial charge is 0.484 e. The summed E-state index contributed by atoms with van der Waals surface area (Å²) in [7, 11) is -3.94. The lowest BCUT2D eigenvalue weighted by Gasteiger charge is -2.34. The summed E-state index contributed by atoms with van der Waals surface area (Å²) in [6.45, 7) is 2.24. The van der Waals surface area contributed by atoms with E-state index in [2.05, 4.69) is 0 Å². The molecule has 0 saturated carbocycles. The van der Waals surface area contributed by atoms with Crippen LogP contribution >= 0.6 is 0 Å². The number of nitrogens with zero attached hydrogens (tertiary/aromatic N) is 2. The maximum absolute atomic E-state index is 12.7. The highest BCUT2D eigenvalue weighted by atomic mass is 32.2. The van der Waals surface area contributed by atoms with E-state index >= 15 is 0 Å². The van der Waals surface area contributed by atoms with Gasteiger partial charge in [0.05, 0.1) is 10.5 Å². The van der Waals surface area contributed by atoms with Crippen molar-refractivity contribution in [1.29, 1.82) is 0 Å². The molecule has 1 aliphatic heterocycles. The van der Waals surface area contributed by atoms with Crippen molar-refractivity contribution in [2.24, 2.45) is 0 Å². The highest BCUT2D eigenvalue weighted by Crippen LogP contribution is 2.30. The Hall–Kier alpha value is -2.59. The van der Waals surface area contributed by atoms with Crippen LogP contribution in [-0.2, 0) is 21.0 Å². The molecule has 0 unspecified atom stereocenters. The van der Waals surface area contributed by atoms with Gasteiger partial charge in [-0.25, -0.2) is 8.42 Å². The molecule has 3 rings (SSSR count). The zero-order chi connectivity index (χ0) is 21.9. The van der Waals surface area contributed by atoms with Crippen molar-refractivity contribution in [3.05, 3.63) is 59.7 Å². The number of sulfonamides is 1. The number of piperazine rings is 1. The van der Waals surface area contributed by atoms with Crippen LogP contribution in [-0.4, -0.2) is 56.3 Å². The number of ether oxygens (including phenoxy) is 1. The van der Waals surface area contributed by atoms with Gasteiger partial charge in [0.2, 0.25) is 10.0 Å². The fraction of sp³-hybridized carbons (Fsp3) is 0.350. The highest BCUT2D eigenvalue weighted by Gasteiger charge is 2.33. The Bertz CT molecular complexity index is 982. The smallest absolute Gasteiger partial charge is 0.416 e. The molecule has 0 bridgehead atoms. The summed E-state index contributed by atoms with van der Waals surface area (Å²) >= 11 is 0. The molecule has 1 amide bonds. The molecule has 1 fully saturated rings. The van der Waals surface area contributed by atoms with E-state index in [4.69, 9.17) is 4.74 Å². The standard InChI is InChI=1S/C20H21F3N2O4S/c1-15-2-6-17(7-3-15)29-14-19(26)24-10-12-25(13-11-24)30(27,28)18-8-4-16(5-9-18)20(21,22)23/h2-9H,10-14H2,1H3. The molecule has 0 aliphatic carbocycles. The molecule has 0 aromatic heterocycles. The third-order valence-electron chi connectivity index (χ3n) is 4.79. The van der Waals surface area contributed by atoms with E-state index in [1.165, 1.54) is 9.21 Å². The number of hydrogen-bond acceptors (Lipinski definition) is 4. The Morgan fingerprint density at radius 1 is 0.967 bits per heavy atom. The Morgan fingerprint density at radius 2 is 1.53 bits per heavy atom. The molecule has 6 nitrogen and oxygen atoms in total.